The number of nitrogens with zero attached hydrogens (tertiary/aromatic N) is 4. The van der Waals surface area contributed by atoms with E-state index in [-0.39, 0.29) is 5.91 Å². The maximum atomic E-state index is 11.8. The number of carbonyl (C=O) groups is 1. The quantitative estimate of drug-likeness (QED) is 0.832. The van der Waals surface area contributed by atoms with Crippen LogP contribution in [0.15, 0.2) is 35.7 Å². The molecule has 1 aromatic carbocycles. The molecule has 5 nitrogen and oxygen atoms in total. The topological polar surface area (TPSA) is 39.7 Å². The number of piperazine rings is 1. The highest BCUT2D eigenvalue weighted by molar-refractivity contribution is 7.13. The molecule has 0 radical (unpaired) electrons. The Hall–Kier alpha value is -1.76. The average Bonchev–Trinajstić information content (AvgIpc) is 3.06. The Kier molecular flexibility index (Phi) is 5.60. The summed E-state index contributed by atoms with van der Waals surface area (Å²) in [5.41, 5.74) is 2.32. The first-order chi connectivity index (χ1) is 11.6. The lowest BCUT2D eigenvalue weighted by Crippen LogP contribution is -2.48. The molecule has 1 aromatic heterocycles. The van der Waals surface area contributed by atoms with E-state index in [1.54, 1.807) is 16.2 Å². The summed E-state index contributed by atoms with van der Waals surface area (Å²) in [6.07, 6.45) is 0. The second-order valence-electron chi connectivity index (χ2n) is 6.35. The fraction of sp³-hybridized carbons (Fsp3) is 0.444. The van der Waals surface area contributed by atoms with E-state index in [1.165, 1.54) is 5.56 Å². The van der Waals surface area contributed by atoms with Crippen LogP contribution in [-0.2, 0) is 11.3 Å². The zero-order chi connectivity index (χ0) is 16.9. The minimum Gasteiger partial charge on any atom is -0.348 e. The van der Waals surface area contributed by atoms with E-state index in [1.807, 2.05) is 32.3 Å². The number of hydrogen-bond acceptors (Lipinski definition) is 5. The van der Waals surface area contributed by atoms with Gasteiger partial charge >= 0.3 is 0 Å². The van der Waals surface area contributed by atoms with Gasteiger partial charge in [0.1, 0.15) is 5.01 Å². The Labute approximate surface area is 147 Å². The van der Waals surface area contributed by atoms with Crippen molar-refractivity contribution in [1.82, 2.24) is 19.7 Å². The molecule has 1 aliphatic heterocycles. The predicted octanol–water partition coefficient (Wildman–Crippen LogP) is 2.02. The molecule has 0 aliphatic carbocycles. The van der Waals surface area contributed by atoms with Gasteiger partial charge < -0.3 is 4.90 Å². The van der Waals surface area contributed by atoms with Gasteiger partial charge in [-0.2, -0.15) is 0 Å². The molecule has 128 valence electrons. The monoisotopic (exact) mass is 344 g/mol. The lowest BCUT2D eigenvalue weighted by molar-refractivity contribution is -0.130. The third kappa shape index (κ3) is 4.41. The van der Waals surface area contributed by atoms with Crippen molar-refractivity contribution in [2.45, 2.75) is 6.54 Å². The highest BCUT2D eigenvalue weighted by Crippen LogP contribution is 2.24. The molecule has 1 fully saturated rings. The normalized spacial score (nSPS) is 16.2. The van der Waals surface area contributed by atoms with E-state index < -0.39 is 0 Å². The Morgan fingerprint density at radius 2 is 1.79 bits per heavy atom. The van der Waals surface area contributed by atoms with Gasteiger partial charge in [0.2, 0.25) is 5.91 Å². The standard InChI is InChI=1S/C18H24N4OS/c1-20(2)17(23)13-22-10-8-21(9-11-22)12-16-14-24-18(19-16)15-6-4-3-5-7-15/h3-7,14H,8-13H2,1-2H3. The van der Waals surface area contributed by atoms with Gasteiger partial charge in [0.25, 0.3) is 0 Å². The summed E-state index contributed by atoms with van der Waals surface area (Å²) < 4.78 is 0. The summed E-state index contributed by atoms with van der Waals surface area (Å²) in [6.45, 7) is 5.26. The van der Waals surface area contributed by atoms with Crippen LogP contribution >= 0.6 is 11.3 Å². The van der Waals surface area contributed by atoms with Crippen LogP contribution in [0.4, 0.5) is 0 Å². The Morgan fingerprint density at radius 3 is 2.46 bits per heavy atom. The molecule has 3 rings (SSSR count). The molecule has 1 saturated heterocycles. The van der Waals surface area contributed by atoms with Gasteiger partial charge in [0, 0.05) is 57.8 Å². The van der Waals surface area contributed by atoms with Crippen LogP contribution in [-0.4, -0.2) is 72.4 Å². The van der Waals surface area contributed by atoms with E-state index in [4.69, 9.17) is 4.98 Å². The van der Waals surface area contributed by atoms with Gasteiger partial charge in [-0.15, -0.1) is 11.3 Å². The Balaban J connectivity index is 1.50. The third-order valence-electron chi connectivity index (χ3n) is 4.28. The molecule has 0 unspecified atom stereocenters. The number of amides is 1. The first kappa shape index (κ1) is 17.1. The Bertz CT molecular complexity index is 663. The number of carbonyl (C=O) groups excluding carboxylic acids is 1. The van der Waals surface area contributed by atoms with E-state index in [9.17, 15) is 4.79 Å². The maximum absolute atomic E-state index is 11.8. The predicted molar refractivity (Wildman–Crippen MR) is 98.0 cm³/mol. The van der Waals surface area contributed by atoms with Crippen molar-refractivity contribution in [2.24, 2.45) is 0 Å². The average molecular weight is 344 g/mol. The van der Waals surface area contributed by atoms with Crippen LogP contribution in [0.2, 0.25) is 0 Å². The van der Waals surface area contributed by atoms with Crippen LogP contribution in [0.3, 0.4) is 0 Å². The molecule has 1 aliphatic rings. The minimum atomic E-state index is 0.176. The van der Waals surface area contributed by atoms with Crippen molar-refractivity contribution in [1.29, 1.82) is 0 Å². The lowest BCUT2D eigenvalue weighted by Gasteiger charge is -2.34. The lowest BCUT2D eigenvalue weighted by atomic mass is 10.2. The summed E-state index contributed by atoms with van der Waals surface area (Å²) in [5.74, 6) is 0.176. The van der Waals surface area contributed by atoms with Crippen molar-refractivity contribution in [3.63, 3.8) is 0 Å². The van der Waals surface area contributed by atoms with Crippen LogP contribution in [0, 0.1) is 0 Å². The van der Waals surface area contributed by atoms with Crippen molar-refractivity contribution in [3.05, 3.63) is 41.4 Å². The molecular weight excluding hydrogens is 320 g/mol. The molecule has 0 N–H and O–H groups in total. The SMILES string of the molecule is CN(C)C(=O)CN1CCN(Cc2csc(-c3ccccc3)n2)CC1. The highest BCUT2D eigenvalue weighted by Gasteiger charge is 2.20. The van der Waals surface area contributed by atoms with Crippen LogP contribution < -0.4 is 0 Å². The molecule has 24 heavy (non-hydrogen) atoms. The van der Waals surface area contributed by atoms with E-state index in [0.717, 1.165) is 43.4 Å². The van der Waals surface area contributed by atoms with Crippen molar-refractivity contribution < 1.29 is 4.79 Å². The molecule has 1 amide bonds. The third-order valence-corrected chi connectivity index (χ3v) is 5.22. The molecule has 6 heteroatoms. The highest BCUT2D eigenvalue weighted by atomic mass is 32.1. The number of thiazole rings is 1. The van der Waals surface area contributed by atoms with Crippen molar-refractivity contribution >= 4 is 17.2 Å². The zero-order valence-corrected chi connectivity index (χ0v) is 15.1. The summed E-state index contributed by atoms with van der Waals surface area (Å²) >= 11 is 1.71. The van der Waals surface area contributed by atoms with Crippen molar-refractivity contribution in [3.8, 4) is 10.6 Å². The second kappa shape index (κ2) is 7.88. The van der Waals surface area contributed by atoms with Crippen LogP contribution in [0.1, 0.15) is 5.69 Å². The smallest absolute Gasteiger partial charge is 0.236 e. The largest absolute Gasteiger partial charge is 0.348 e. The fourth-order valence-corrected chi connectivity index (χ4v) is 3.58. The molecule has 0 atom stereocenters. The molecule has 0 spiro atoms. The fourth-order valence-electron chi connectivity index (χ4n) is 2.76. The summed E-state index contributed by atoms with van der Waals surface area (Å²) in [4.78, 5) is 22.9. The molecule has 0 bridgehead atoms. The minimum absolute atomic E-state index is 0.176. The first-order valence-electron chi connectivity index (χ1n) is 8.26. The summed E-state index contributed by atoms with van der Waals surface area (Å²) in [5, 5.41) is 3.24. The molecule has 2 aromatic rings. The van der Waals surface area contributed by atoms with E-state index >= 15 is 0 Å². The second-order valence-corrected chi connectivity index (χ2v) is 7.21. The maximum Gasteiger partial charge on any atom is 0.236 e. The molecule has 2 heterocycles. The van der Waals surface area contributed by atoms with Crippen molar-refractivity contribution in [2.75, 3.05) is 46.8 Å². The van der Waals surface area contributed by atoms with E-state index in [0.29, 0.717) is 6.54 Å². The molecular formula is C18H24N4OS. The zero-order valence-electron chi connectivity index (χ0n) is 14.3. The number of benzene rings is 1. The van der Waals surface area contributed by atoms with Gasteiger partial charge in [-0.1, -0.05) is 30.3 Å². The number of aromatic nitrogens is 1. The van der Waals surface area contributed by atoms with E-state index in [2.05, 4.69) is 27.3 Å². The number of rotatable bonds is 5. The Morgan fingerprint density at radius 1 is 1.12 bits per heavy atom. The number of hydrogen-bond donors (Lipinski definition) is 0. The molecule has 0 saturated carbocycles. The summed E-state index contributed by atoms with van der Waals surface area (Å²) in [6, 6.07) is 10.3. The summed E-state index contributed by atoms with van der Waals surface area (Å²) in [7, 11) is 3.62. The van der Waals surface area contributed by atoms with Crippen LogP contribution in [0.5, 0.6) is 0 Å². The first-order valence-corrected chi connectivity index (χ1v) is 9.14. The number of likely N-dealkylation sites (N-methyl/N-ethyl adjacent to an activating group) is 1. The van der Waals surface area contributed by atoms with Gasteiger partial charge in [0.05, 0.1) is 12.2 Å². The van der Waals surface area contributed by atoms with Crippen LogP contribution in [0.25, 0.3) is 10.6 Å². The van der Waals surface area contributed by atoms with Gasteiger partial charge in [-0.3, -0.25) is 14.6 Å². The van der Waals surface area contributed by atoms with Gasteiger partial charge in [-0.05, 0) is 0 Å². The van der Waals surface area contributed by atoms with Gasteiger partial charge in [-0.25, -0.2) is 4.98 Å². The van der Waals surface area contributed by atoms with Gasteiger partial charge in [0.15, 0.2) is 0 Å².